The molecule has 3 saturated carbocycles. The van der Waals surface area contributed by atoms with Gasteiger partial charge >= 0.3 is 5.97 Å². The minimum Gasteiger partial charge on any atom is -0.461 e. The molecule has 0 aliphatic heterocycles. The molecule has 0 aromatic heterocycles. The van der Waals surface area contributed by atoms with Gasteiger partial charge in [0.25, 0.3) is 0 Å². The number of nitrogens with two attached hydrogens (primary N) is 1. The molecular weight excluding hydrogens is 639 g/mol. The maximum Gasteiger partial charge on any atom is 0.320 e. The van der Waals surface area contributed by atoms with E-state index in [0.717, 1.165) is 87.5 Å². The molecule has 4 aliphatic carbocycles. The van der Waals surface area contributed by atoms with Gasteiger partial charge in [0.1, 0.15) is 6.10 Å². The Morgan fingerprint density at radius 2 is 1.50 bits per heavy atom. The Balaban J connectivity index is 1.06. The van der Waals surface area contributed by atoms with Crippen LogP contribution in [0.5, 0.6) is 0 Å². The third-order valence-corrected chi connectivity index (χ3v) is 14.6. The fourth-order valence-corrected chi connectivity index (χ4v) is 11.8. The topological polar surface area (TPSA) is 58.8 Å². The van der Waals surface area contributed by atoms with Crippen molar-refractivity contribution in [3.8, 4) is 0 Å². The van der Waals surface area contributed by atoms with Crippen molar-refractivity contribution in [2.75, 3.05) is 32.7 Å². The van der Waals surface area contributed by atoms with Crippen molar-refractivity contribution in [1.82, 2.24) is 9.80 Å². The smallest absolute Gasteiger partial charge is 0.320 e. The second-order valence-electron chi connectivity index (χ2n) is 18.4. The van der Waals surface area contributed by atoms with Crippen LogP contribution in [0, 0.1) is 46.3 Å². The summed E-state index contributed by atoms with van der Waals surface area (Å²) in [6.07, 6.45) is 16.8. The summed E-state index contributed by atoms with van der Waals surface area (Å²) in [4.78, 5) is 18.3. The molecule has 0 saturated heterocycles. The zero-order valence-corrected chi connectivity index (χ0v) is 33.4. The molecule has 0 amide bonds. The Kier molecular flexibility index (Phi) is 13.4. The Labute approximate surface area is 317 Å². The fraction of sp³-hybridized carbons (Fsp3) is 0.681. The van der Waals surface area contributed by atoms with Crippen LogP contribution in [0.15, 0.2) is 72.3 Å². The first kappa shape index (κ1) is 39.2. The fourth-order valence-electron chi connectivity index (χ4n) is 11.8. The summed E-state index contributed by atoms with van der Waals surface area (Å²) >= 11 is 0. The van der Waals surface area contributed by atoms with Crippen molar-refractivity contribution in [3.05, 3.63) is 83.4 Å². The van der Waals surface area contributed by atoms with Crippen LogP contribution in [0.25, 0.3) is 0 Å². The maximum atomic E-state index is 13.7. The summed E-state index contributed by atoms with van der Waals surface area (Å²) in [5.74, 6) is 4.97. The molecule has 3 fully saturated rings. The first-order valence-corrected chi connectivity index (χ1v) is 21.2. The van der Waals surface area contributed by atoms with E-state index in [4.69, 9.17) is 10.5 Å². The standard InChI is InChI=1S/C47H71N3O2/c1-35(2)13-12-14-36(3)42-21-22-43-41-20-19-39-31-40(23-25-46(39,4)44(41)24-26-47(42,43)5)52-45(51)34-50(33-38-17-10-7-11-18-38)30-29-49(28-27-48)32-37-15-8-6-9-16-37/h6-11,15-19,35-36,40-44H,12-14,20-34,48H2,1-5H3/t36-,40?,41?,42-,43?,44?,46+,47-/m1/s1. The van der Waals surface area contributed by atoms with Gasteiger partial charge in [0.05, 0.1) is 6.54 Å². The second-order valence-corrected chi connectivity index (χ2v) is 18.4. The molecule has 52 heavy (non-hydrogen) atoms. The SMILES string of the molecule is CC(C)CCC[C@@H](C)[C@H]1CCC2C3CC=C4CC(OC(=O)CN(CCN(CCN)Cc5ccccc5)Cc5ccccc5)CC[C@]4(C)C3CC[C@@]21C. The first-order chi connectivity index (χ1) is 25.1. The normalized spacial score (nSPS) is 30.5. The summed E-state index contributed by atoms with van der Waals surface area (Å²) in [5.41, 5.74) is 10.9. The minimum absolute atomic E-state index is 0.00910. The van der Waals surface area contributed by atoms with Crippen LogP contribution in [-0.4, -0.2) is 54.6 Å². The molecule has 8 atom stereocenters. The number of nitrogens with zero attached hydrogens (tertiary/aromatic N) is 2. The molecule has 0 radical (unpaired) electrons. The zero-order chi connectivity index (χ0) is 36.7. The highest BCUT2D eigenvalue weighted by atomic mass is 16.5. The summed E-state index contributed by atoms with van der Waals surface area (Å²) in [6.45, 7) is 17.6. The van der Waals surface area contributed by atoms with E-state index >= 15 is 0 Å². The number of fused-ring (bicyclic) bond motifs is 5. The van der Waals surface area contributed by atoms with Gasteiger partial charge in [-0.05, 0) is 102 Å². The van der Waals surface area contributed by atoms with Crippen molar-refractivity contribution < 1.29 is 9.53 Å². The lowest BCUT2D eigenvalue weighted by Gasteiger charge is -2.58. The van der Waals surface area contributed by atoms with Crippen LogP contribution in [0.1, 0.15) is 116 Å². The van der Waals surface area contributed by atoms with Crippen LogP contribution in [0.3, 0.4) is 0 Å². The van der Waals surface area contributed by atoms with Gasteiger partial charge in [0.2, 0.25) is 0 Å². The predicted molar refractivity (Wildman–Crippen MR) is 215 cm³/mol. The lowest BCUT2D eigenvalue weighted by Crippen LogP contribution is -2.51. The third-order valence-electron chi connectivity index (χ3n) is 14.6. The van der Waals surface area contributed by atoms with E-state index in [-0.39, 0.29) is 17.5 Å². The van der Waals surface area contributed by atoms with E-state index in [1.807, 2.05) is 0 Å². The molecule has 0 heterocycles. The molecule has 286 valence electrons. The van der Waals surface area contributed by atoms with Crippen molar-refractivity contribution >= 4 is 5.97 Å². The van der Waals surface area contributed by atoms with Gasteiger partial charge < -0.3 is 10.5 Å². The number of esters is 1. The van der Waals surface area contributed by atoms with Gasteiger partial charge in [-0.3, -0.25) is 14.6 Å². The minimum atomic E-state index is -0.0831. The van der Waals surface area contributed by atoms with Gasteiger partial charge in [-0.1, -0.05) is 126 Å². The van der Waals surface area contributed by atoms with Gasteiger partial charge in [-0.15, -0.1) is 0 Å². The molecule has 5 heteroatoms. The van der Waals surface area contributed by atoms with Crippen molar-refractivity contribution in [3.63, 3.8) is 0 Å². The van der Waals surface area contributed by atoms with Gasteiger partial charge in [-0.25, -0.2) is 0 Å². The number of benzene rings is 2. The van der Waals surface area contributed by atoms with Crippen molar-refractivity contribution in [1.29, 1.82) is 0 Å². The van der Waals surface area contributed by atoms with E-state index in [0.29, 0.717) is 18.5 Å². The lowest BCUT2D eigenvalue weighted by atomic mass is 9.47. The van der Waals surface area contributed by atoms with Crippen LogP contribution in [0.2, 0.25) is 0 Å². The highest BCUT2D eigenvalue weighted by Crippen LogP contribution is 2.67. The largest absolute Gasteiger partial charge is 0.461 e. The zero-order valence-electron chi connectivity index (χ0n) is 33.4. The Morgan fingerprint density at radius 1 is 0.827 bits per heavy atom. The number of carbonyl (C=O) groups excluding carboxylic acids is 1. The Hall–Kier alpha value is -2.47. The molecule has 0 bridgehead atoms. The van der Waals surface area contributed by atoms with E-state index < -0.39 is 0 Å². The number of rotatable bonds is 17. The van der Waals surface area contributed by atoms with E-state index in [9.17, 15) is 4.79 Å². The van der Waals surface area contributed by atoms with Gasteiger partial charge in [-0.2, -0.15) is 0 Å². The highest BCUT2D eigenvalue weighted by Gasteiger charge is 2.59. The van der Waals surface area contributed by atoms with E-state index in [2.05, 4.69) is 111 Å². The van der Waals surface area contributed by atoms with Gasteiger partial charge in [0.15, 0.2) is 0 Å². The quantitative estimate of drug-likeness (QED) is 0.131. The molecule has 2 aromatic carbocycles. The van der Waals surface area contributed by atoms with E-state index in [1.165, 1.54) is 62.5 Å². The third kappa shape index (κ3) is 9.24. The molecule has 2 N–H and O–H groups in total. The number of carbonyl (C=O) groups is 1. The number of hydrogen-bond acceptors (Lipinski definition) is 5. The van der Waals surface area contributed by atoms with E-state index in [1.54, 1.807) is 5.57 Å². The monoisotopic (exact) mass is 710 g/mol. The Morgan fingerprint density at radius 3 is 2.17 bits per heavy atom. The average Bonchev–Trinajstić information content (AvgIpc) is 3.49. The van der Waals surface area contributed by atoms with Crippen molar-refractivity contribution in [2.24, 2.45) is 52.1 Å². The molecule has 4 aliphatic rings. The van der Waals surface area contributed by atoms with Crippen LogP contribution < -0.4 is 5.73 Å². The summed E-state index contributed by atoms with van der Waals surface area (Å²) in [7, 11) is 0. The molecular formula is C47H71N3O2. The molecule has 5 nitrogen and oxygen atoms in total. The predicted octanol–water partition coefficient (Wildman–Crippen LogP) is 9.90. The van der Waals surface area contributed by atoms with Crippen LogP contribution in [0.4, 0.5) is 0 Å². The Bertz CT molecular complexity index is 1440. The lowest BCUT2D eigenvalue weighted by molar-refractivity contribution is -0.153. The molecule has 6 rings (SSSR count). The van der Waals surface area contributed by atoms with Crippen molar-refractivity contribution in [2.45, 2.75) is 124 Å². The maximum absolute atomic E-state index is 13.7. The molecule has 2 aromatic rings. The summed E-state index contributed by atoms with van der Waals surface area (Å²) < 4.78 is 6.36. The second kappa shape index (κ2) is 17.8. The summed E-state index contributed by atoms with van der Waals surface area (Å²) in [5, 5.41) is 0. The molecule has 4 unspecified atom stereocenters. The van der Waals surface area contributed by atoms with Gasteiger partial charge in [0, 0.05) is 45.7 Å². The van der Waals surface area contributed by atoms with Crippen LogP contribution >= 0.6 is 0 Å². The molecule has 0 spiro atoms. The van der Waals surface area contributed by atoms with Crippen LogP contribution in [-0.2, 0) is 22.6 Å². The first-order valence-electron chi connectivity index (χ1n) is 21.2. The highest BCUT2D eigenvalue weighted by molar-refractivity contribution is 5.72. The number of allylic oxidation sites excluding steroid dienone is 1. The number of hydrogen-bond donors (Lipinski definition) is 1. The average molecular weight is 710 g/mol. The number of ether oxygens (including phenoxy) is 1. The summed E-state index contributed by atoms with van der Waals surface area (Å²) in [6, 6.07) is 21.1.